The SMILES string of the molecule is CC.COc1cc(OCc2csc(-c3ccc(C(N)=O)cc3)n2)c2cc(-c3cn4nc(OC)sc4n3)oc2c1. The number of primary amides is 1. The molecular weight excluding hydrogens is 538 g/mol. The number of hydrogen-bond donors (Lipinski definition) is 1. The third kappa shape index (κ3) is 5.29. The number of carbonyl (C=O) groups is 1. The molecule has 0 unspecified atom stereocenters. The number of rotatable bonds is 8. The second-order valence-corrected chi connectivity index (χ2v) is 9.72. The molecule has 0 saturated carbocycles. The van der Waals surface area contributed by atoms with Gasteiger partial charge in [0.1, 0.15) is 34.4 Å². The molecule has 0 spiro atoms. The summed E-state index contributed by atoms with van der Waals surface area (Å²) in [5.74, 6) is 1.33. The van der Waals surface area contributed by atoms with E-state index in [9.17, 15) is 4.79 Å². The van der Waals surface area contributed by atoms with E-state index in [4.69, 9.17) is 24.4 Å². The Kier molecular flexibility index (Phi) is 7.48. The Labute approximate surface area is 231 Å². The molecule has 0 aliphatic carbocycles. The number of methoxy groups -OCH3 is 2. The Hall–Kier alpha value is -4.42. The maximum absolute atomic E-state index is 11.3. The van der Waals surface area contributed by atoms with Crippen LogP contribution in [0.5, 0.6) is 16.7 Å². The third-order valence-corrected chi connectivity index (χ3v) is 7.43. The number of carbonyl (C=O) groups excluding carboxylic acids is 1. The van der Waals surface area contributed by atoms with Gasteiger partial charge >= 0.3 is 0 Å². The summed E-state index contributed by atoms with van der Waals surface area (Å²) >= 11 is 2.84. The van der Waals surface area contributed by atoms with Gasteiger partial charge in [0.05, 0.1) is 31.5 Å². The number of imidazole rings is 1. The second kappa shape index (κ2) is 11.1. The van der Waals surface area contributed by atoms with Crippen LogP contribution in [0.4, 0.5) is 0 Å². The lowest BCUT2D eigenvalue weighted by atomic mass is 10.1. The first kappa shape index (κ1) is 26.2. The van der Waals surface area contributed by atoms with Crippen LogP contribution in [0.1, 0.15) is 29.9 Å². The Bertz CT molecular complexity index is 1720. The fourth-order valence-corrected chi connectivity index (χ4v) is 5.27. The van der Waals surface area contributed by atoms with Crippen LogP contribution in [0.2, 0.25) is 0 Å². The number of nitrogens with two attached hydrogens (primary N) is 1. The highest BCUT2D eigenvalue weighted by molar-refractivity contribution is 7.18. The first-order chi connectivity index (χ1) is 19.0. The third-order valence-electron chi connectivity index (χ3n) is 5.60. The lowest BCUT2D eigenvalue weighted by Crippen LogP contribution is -2.10. The molecule has 6 aromatic rings. The van der Waals surface area contributed by atoms with Crippen molar-refractivity contribution in [3.05, 3.63) is 65.3 Å². The van der Waals surface area contributed by atoms with Crippen molar-refractivity contribution >= 4 is 44.5 Å². The molecule has 12 heteroatoms. The van der Waals surface area contributed by atoms with Crippen LogP contribution < -0.4 is 19.9 Å². The maximum Gasteiger partial charge on any atom is 0.294 e. The molecule has 200 valence electrons. The molecule has 2 aromatic carbocycles. The molecule has 2 N–H and O–H groups in total. The van der Waals surface area contributed by atoms with E-state index in [1.165, 1.54) is 22.7 Å². The van der Waals surface area contributed by atoms with E-state index >= 15 is 0 Å². The van der Waals surface area contributed by atoms with Crippen LogP contribution in [0, 0.1) is 0 Å². The summed E-state index contributed by atoms with van der Waals surface area (Å²) in [7, 11) is 3.16. The van der Waals surface area contributed by atoms with Gasteiger partial charge in [-0.05, 0) is 29.5 Å². The minimum Gasteiger partial charge on any atom is -0.496 e. The van der Waals surface area contributed by atoms with Crippen LogP contribution in [0.15, 0.2) is 58.5 Å². The van der Waals surface area contributed by atoms with Gasteiger partial charge in [0, 0.05) is 28.6 Å². The molecule has 4 heterocycles. The summed E-state index contributed by atoms with van der Waals surface area (Å²) in [6.07, 6.45) is 1.79. The molecule has 10 nitrogen and oxygen atoms in total. The van der Waals surface area contributed by atoms with Gasteiger partial charge in [-0.25, -0.2) is 14.5 Å². The van der Waals surface area contributed by atoms with Crippen molar-refractivity contribution in [3.8, 4) is 38.7 Å². The van der Waals surface area contributed by atoms with Gasteiger partial charge in [0.15, 0.2) is 5.76 Å². The highest BCUT2D eigenvalue weighted by Crippen LogP contribution is 2.38. The topological polar surface area (TPSA) is 127 Å². The number of aromatic nitrogens is 4. The molecule has 0 aliphatic rings. The average molecular weight is 564 g/mol. The van der Waals surface area contributed by atoms with Crippen LogP contribution in [-0.2, 0) is 6.61 Å². The summed E-state index contributed by atoms with van der Waals surface area (Å²) in [6, 6.07) is 12.5. The van der Waals surface area contributed by atoms with E-state index in [0.29, 0.717) is 44.3 Å². The molecule has 39 heavy (non-hydrogen) atoms. The summed E-state index contributed by atoms with van der Waals surface area (Å²) in [5, 5.41) is 8.39. The van der Waals surface area contributed by atoms with E-state index in [0.717, 1.165) is 21.7 Å². The quantitative estimate of drug-likeness (QED) is 0.237. The molecule has 0 saturated heterocycles. The Morgan fingerprint density at radius 2 is 1.87 bits per heavy atom. The lowest BCUT2D eigenvalue weighted by Gasteiger charge is -2.08. The standard InChI is InChI=1S/C25H19N5O5S2.C2H6/c1-32-16-7-19(34-11-15-12-36-23(27-15)14-5-3-13(4-6-14)22(26)31)17-9-21(35-20(17)8-16)18-10-30-24(28-18)37-25(29-30)33-2;1-2/h3-10,12H,11H2,1-2H3,(H2,26,31);1-2H3. The normalized spacial score (nSPS) is 10.9. The molecule has 4 aromatic heterocycles. The summed E-state index contributed by atoms with van der Waals surface area (Å²) < 4.78 is 24.5. The Morgan fingerprint density at radius 3 is 2.56 bits per heavy atom. The minimum atomic E-state index is -0.462. The molecule has 0 bridgehead atoms. The van der Waals surface area contributed by atoms with E-state index in [-0.39, 0.29) is 6.61 Å². The molecule has 1 amide bonds. The van der Waals surface area contributed by atoms with Gasteiger partial charge in [0.25, 0.3) is 5.19 Å². The maximum atomic E-state index is 11.3. The van der Waals surface area contributed by atoms with E-state index < -0.39 is 5.91 Å². The number of amides is 1. The van der Waals surface area contributed by atoms with Crippen molar-refractivity contribution in [2.24, 2.45) is 5.73 Å². The molecule has 0 atom stereocenters. The zero-order valence-electron chi connectivity index (χ0n) is 21.6. The predicted octanol–water partition coefficient (Wildman–Crippen LogP) is 6.05. The fourth-order valence-electron chi connectivity index (χ4n) is 3.76. The number of hydrogen-bond acceptors (Lipinski definition) is 10. The Morgan fingerprint density at radius 1 is 1.08 bits per heavy atom. The number of fused-ring (bicyclic) bond motifs is 2. The summed E-state index contributed by atoms with van der Waals surface area (Å²) in [5.41, 5.74) is 8.71. The van der Waals surface area contributed by atoms with Crippen molar-refractivity contribution in [1.29, 1.82) is 0 Å². The molecule has 0 aliphatic heterocycles. The first-order valence-corrected chi connectivity index (χ1v) is 13.7. The van der Waals surface area contributed by atoms with Crippen molar-refractivity contribution in [1.82, 2.24) is 19.6 Å². The largest absolute Gasteiger partial charge is 0.496 e. The highest BCUT2D eigenvalue weighted by Gasteiger charge is 2.17. The van der Waals surface area contributed by atoms with Crippen molar-refractivity contribution in [2.45, 2.75) is 20.5 Å². The van der Waals surface area contributed by atoms with Crippen molar-refractivity contribution in [2.75, 3.05) is 14.2 Å². The van der Waals surface area contributed by atoms with Crippen LogP contribution in [-0.4, -0.2) is 39.7 Å². The Balaban J connectivity index is 0.00000151. The molecular formula is C27H25N5O5S2. The number of ether oxygens (including phenoxy) is 3. The van der Waals surface area contributed by atoms with Crippen molar-refractivity contribution < 1.29 is 23.4 Å². The van der Waals surface area contributed by atoms with E-state index in [1.807, 2.05) is 49.6 Å². The van der Waals surface area contributed by atoms with Gasteiger partial charge in [0.2, 0.25) is 10.9 Å². The number of thiazole rings is 1. The summed E-state index contributed by atoms with van der Waals surface area (Å²) in [6.45, 7) is 4.25. The predicted molar refractivity (Wildman–Crippen MR) is 151 cm³/mol. The highest BCUT2D eigenvalue weighted by atomic mass is 32.1. The number of furan rings is 1. The van der Waals surface area contributed by atoms with Gasteiger partial charge in [-0.2, -0.15) is 0 Å². The van der Waals surface area contributed by atoms with Gasteiger partial charge in [-0.1, -0.05) is 26.0 Å². The first-order valence-electron chi connectivity index (χ1n) is 12.0. The zero-order valence-corrected chi connectivity index (χ0v) is 23.3. The average Bonchev–Trinajstić information content (AvgIpc) is 3.75. The smallest absolute Gasteiger partial charge is 0.294 e. The van der Waals surface area contributed by atoms with Gasteiger partial charge in [-0.3, -0.25) is 4.79 Å². The lowest BCUT2D eigenvalue weighted by molar-refractivity contribution is 0.100. The monoisotopic (exact) mass is 563 g/mol. The van der Waals surface area contributed by atoms with Gasteiger partial charge < -0.3 is 24.4 Å². The molecule has 0 radical (unpaired) electrons. The van der Waals surface area contributed by atoms with Crippen LogP contribution >= 0.6 is 22.7 Å². The van der Waals surface area contributed by atoms with E-state index in [2.05, 4.69) is 15.1 Å². The zero-order chi connectivity index (χ0) is 27.5. The van der Waals surface area contributed by atoms with Crippen LogP contribution in [0.25, 0.3) is 38.0 Å². The summed E-state index contributed by atoms with van der Waals surface area (Å²) in [4.78, 5) is 21.3. The van der Waals surface area contributed by atoms with E-state index in [1.54, 1.807) is 37.1 Å². The van der Waals surface area contributed by atoms with Crippen molar-refractivity contribution in [3.63, 3.8) is 0 Å². The number of benzene rings is 2. The van der Waals surface area contributed by atoms with Gasteiger partial charge in [-0.15, -0.1) is 16.4 Å². The molecule has 0 fully saturated rings. The van der Waals surface area contributed by atoms with Crippen LogP contribution in [0.3, 0.4) is 0 Å². The number of nitrogens with zero attached hydrogens (tertiary/aromatic N) is 4. The fraction of sp³-hybridized carbons (Fsp3) is 0.185. The molecule has 6 rings (SSSR count). The minimum absolute atomic E-state index is 0.253. The second-order valence-electron chi connectivity index (χ2n) is 7.95.